The summed E-state index contributed by atoms with van der Waals surface area (Å²) in [5.74, 6) is -3.75. The number of amides is 1. The second kappa shape index (κ2) is 10.7. The molecule has 0 aromatic carbocycles. The third-order valence-electron chi connectivity index (χ3n) is 4.92. The molecular weight excluding hydrogens is 429 g/mol. The number of morpholine rings is 1. The standard InChI is InChI=1S/C16H22N2O4S.C2HF3O2/c19-15(9-12-2-8-23-11-12)18-3-1-13(10-14(18)16(20)21)17-4-6-22-7-5-17;3-2(4,5)1(6)7/h2,8,11,13-14H,1,3-7,9-10H2,(H,20,21);(H,6,7). The van der Waals surface area contributed by atoms with E-state index in [1.807, 2.05) is 16.8 Å². The molecule has 3 heterocycles. The molecule has 12 heteroatoms. The van der Waals surface area contributed by atoms with Gasteiger partial charge in [0, 0.05) is 25.7 Å². The summed E-state index contributed by atoms with van der Waals surface area (Å²) in [4.78, 5) is 36.9. The van der Waals surface area contributed by atoms with Crippen molar-refractivity contribution in [3.63, 3.8) is 0 Å². The van der Waals surface area contributed by atoms with Crippen LogP contribution in [-0.4, -0.2) is 89.0 Å². The molecule has 2 aliphatic rings. The van der Waals surface area contributed by atoms with E-state index in [1.165, 1.54) is 0 Å². The minimum Gasteiger partial charge on any atom is -0.480 e. The number of carboxylic acids is 2. The van der Waals surface area contributed by atoms with Gasteiger partial charge >= 0.3 is 18.1 Å². The number of nitrogens with zero attached hydrogens (tertiary/aromatic N) is 2. The van der Waals surface area contributed by atoms with E-state index in [0.29, 0.717) is 26.2 Å². The Labute approximate surface area is 174 Å². The van der Waals surface area contributed by atoms with Crippen molar-refractivity contribution in [1.29, 1.82) is 0 Å². The molecule has 0 saturated carbocycles. The topological polar surface area (TPSA) is 107 Å². The Morgan fingerprint density at radius 1 is 1.17 bits per heavy atom. The maximum Gasteiger partial charge on any atom is 0.490 e. The number of hydrogen-bond donors (Lipinski definition) is 2. The van der Waals surface area contributed by atoms with Crippen LogP contribution in [0.1, 0.15) is 18.4 Å². The van der Waals surface area contributed by atoms with E-state index in [2.05, 4.69) is 4.90 Å². The van der Waals surface area contributed by atoms with Crippen LogP contribution in [0.3, 0.4) is 0 Å². The third kappa shape index (κ3) is 6.96. The zero-order valence-corrected chi connectivity index (χ0v) is 16.8. The molecule has 2 saturated heterocycles. The largest absolute Gasteiger partial charge is 0.490 e. The highest BCUT2D eigenvalue weighted by Gasteiger charge is 2.39. The first-order chi connectivity index (χ1) is 14.1. The van der Waals surface area contributed by atoms with Crippen molar-refractivity contribution in [2.45, 2.75) is 37.5 Å². The van der Waals surface area contributed by atoms with Crippen molar-refractivity contribution in [3.8, 4) is 0 Å². The molecule has 168 valence electrons. The minimum atomic E-state index is -5.08. The quantitative estimate of drug-likeness (QED) is 0.716. The van der Waals surface area contributed by atoms with Crippen LogP contribution in [0.4, 0.5) is 13.2 Å². The van der Waals surface area contributed by atoms with Gasteiger partial charge in [-0.2, -0.15) is 24.5 Å². The van der Waals surface area contributed by atoms with E-state index in [9.17, 15) is 27.9 Å². The fraction of sp³-hybridized carbons (Fsp3) is 0.611. The van der Waals surface area contributed by atoms with E-state index in [4.69, 9.17) is 14.6 Å². The van der Waals surface area contributed by atoms with Crippen LogP contribution in [-0.2, 0) is 25.5 Å². The van der Waals surface area contributed by atoms with Crippen molar-refractivity contribution in [2.24, 2.45) is 0 Å². The average Bonchev–Trinajstić information content (AvgIpc) is 3.21. The highest BCUT2D eigenvalue weighted by molar-refractivity contribution is 7.08. The van der Waals surface area contributed by atoms with Crippen molar-refractivity contribution >= 4 is 29.2 Å². The molecule has 0 bridgehead atoms. The lowest BCUT2D eigenvalue weighted by molar-refractivity contribution is -0.192. The maximum atomic E-state index is 12.5. The van der Waals surface area contributed by atoms with E-state index in [1.54, 1.807) is 16.2 Å². The zero-order chi connectivity index (χ0) is 22.3. The number of likely N-dealkylation sites (tertiary alicyclic amines) is 1. The van der Waals surface area contributed by atoms with Crippen LogP contribution in [0.25, 0.3) is 0 Å². The Morgan fingerprint density at radius 3 is 2.30 bits per heavy atom. The smallest absolute Gasteiger partial charge is 0.480 e. The third-order valence-corrected chi connectivity index (χ3v) is 5.65. The van der Waals surface area contributed by atoms with Gasteiger partial charge in [0.1, 0.15) is 6.04 Å². The molecule has 8 nitrogen and oxygen atoms in total. The monoisotopic (exact) mass is 452 g/mol. The van der Waals surface area contributed by atoms with Gasteiger partial charge in [-0.15, -0.1) is 0 Å². The molecule has 3 rings (SSSR count). The van der Waals surface area contributed by atoms with Gasteiger partial charge in [-0.3, -0.25) is 9.69 Å². The number of aliphatic carboxylic acids is 2. The van der Waals surface area contributed by atoms with Crippen LogP contribution in [0.15, 0.2) is 16.8 Å². The van der Waals surface area contributed by atoms with Gasteiger partial charge < -0.3 is 19.8 Å². The van der Waals surface area contributed by atoms with Gasteiger partial charge in [0.15, 0.2) is 0 Å². The normalized spacial score (nSPS) is 22.7. The number of carboxylic acid groups (broad SMARTS) is 2. The summed E-state index contributed by atoms with van der Waals surface area (Å²) in [6, 6.07) is 1.42. The van der Waals surface area contributed by atoms with Gasteiger partial charge in [0.05, 0.1) is 19.6 Å². The molecule has 2 atom stereocenters. The van der Waals surface area contributed by atoms with Crippen molar-refractivity contribution in [1.82, 2.24) is 9.80 Å². The first-order valence-electron chi connectivity index (χ1n) is 9.25. The number of halogens is 3. The molecular formula is C18H23F3N2O6S. The summed E-state index contributed by atoms with van der Waals surface area (Å²) in [5.41, 5.74) is 0.958. The molecule has 2 N–H and O–H groups in total. The summed E-state index contributed by atoms with van der Waals surface area (Å²) >= 11 is 1.55. The SMILES string of the molecule is O=C(O)C(F)(F)F.O=C(O)C1CC(N2CCOCC2)CCN1C(=O)Cc1ccsc1. The van der Waals surface area contributed by atoms with Crippen molar-refractivity contribution in [3.05, 3.63) is 22.4 Å². The van der Waals surface area contributed by atoms with Gasteiger partial charge in [0.2, 0.25) is 5.91 Å². The number of alkyl halides is 3. The summed E-state index contributed by atoms with van der Waals surface area (Å²) in [6.07, 6.45) is -3.46. The molecule has 2 fully saturated rings. The number of piperidine rings is 1. The predicted molar refractivity (Wildman–Crippen MR) is 100 cm³/mol. The first kappa shape index (κ1) is 24.1. The number of thiophene rings is 1. The second-order valence-electron chi connectivity index (χ2n) is 6.88. The number of ether oxygens (including phenoxy) is 1. The number of rotatable bonds is 4. The van der Waals surface area contributed by atoms with Gasteiger partial charge in [-0.05, 0) is 35.2 Å². The van der Waals surface area contributed by atoms with Crippen LogP contribution >= 0.6 is 11.3 Å². The molecule has 1 aromatic heterocycles. The Morgan fingerprint density at radius 2 is 1.80 bits per heavy atom. The van der Waals surface area contributed by atoms with Gasteiger partial charge in [-0.25, -0.2) is 9.59 Å². The maximum absolute atomic E-state index is 12.5. The highest BCUT2D eigenvalue weighted by atomic mass is 32.1. The highest BCUT2D eigenvalue weighted by Crippen LogP contribution is 2.24. The fourth-order valence-electron chi connectivity index (χ4n) is 3.42. The van der Waals surface area contributed by atoms with Crippen molar-refractivity contribution in [2.75, 3.05) is 32.8 Å². The first-order valence-corrected chi connectivity index (χ1v) is 10.2. The second-order valence-corrected chi connectivity index (χ2v) is 7.66. The molecule has 2 aliphatic heterocycles. The molecule has 0 spiro atoms. The number of hydrogen-bond acceptors (Lipinski definition) is 6. The van der Waals surface area contributed by atoms with E-state index in [0.717, 1.165) is 25.1 Å². The van der Waals surface area contributed by atoms with Gasteiger partial charge in [-0.1, -0.05) is 0 Å². The Balaban J connectivity index is 0.000000396. The molecule has 30 heavy (non-hydrogen) atoms. The van der Waals surface area contributed by atoms with Crippen LogP contribution in [0.2, 0.25) is 0 Å². The lowest BCUT2D eigenvalue weighted by Crippen LogP contribution is -2.56. The van der Waals surface area contributed by atoms with E-state index >= 15 is 0 Å². The molecule has 0 aliphatic carbocycles. The Hall–Kier alpha value is -2.18. The summed E-state index contributed by atoms with van der Waals surface area (Å²) in [7, 11) is 0. The Kier molecular flexibility index (Phi) is 8.62. The molecule has 2 unspecified atom stereocenters. The van der Waals surface area contributed by atoms with Gasteiger partial charge in [0.25, 0.3) is 0 Å². The molecule has 1 amide bonds. The lowest BCUT2D eigenvalue weighted by Gasteiger charge is -2.43. The summed E-state index contributed by atoms with van der Waals surface area (Å²) < 4.78 is 37.1. The average molecular weight is 452 g/mol. The zero-order valence-electron chi connectivity index (χ0n) is 16.0. The lowest BCUT2D eigenvalue weighted by atomic mass is 9.94. The number of carbonyl (C=O) groups excluding carboxylic acids is 1. The molecule has 0 radical (unpaired) electrons. The van der Waals surface area contributed by atoms with Crippen LogP contribution in [0.5, 0.6) is 0 Å². The minimum absolute atomic E-state index is 0.0868. The van der Waals surface area contributed by atoms with Crippen molar-refractivity contribution < 1.29 is 42.5 Å². The summed E-state index contributed by atoms with van der Waals surface area (Å²) in [5, 5.41) is 20.6. The molecule has 1 aromatic rings. The summed E-state index contributed by atoms with van der Waals surface area (Å²) in [6.45, 7) is 3.62. The van der Waals surface area contributed by atoms with E-state index < -0.39 is 24.2 Å². The predicted octanol–water partition coefficient (Wildman–Crippen LogP) is 1.70. The van der Waals surface area contributed by atoms with Crippen LogP contribution in [0, 0.1) is 0 Å². The number of carbonyl (C=O) groups is 3. The van der Waals surface area contributed by atoms with Crippen LogP contribution < -0.4 is 0 Å². The fourth-order valence-corrected chi connectivity index (χ4v) is 4.09. The van der Waals surface area contributed by atoms with E-state index in [-0.39, 0.29) is 18.4 Å². The Bertz CT molecular complexity index is 722.